The molecule has 1 aliphatic carbocycles. The van der Waals surface area contributed by atoms with E-state index in [4.69, 9.17) is 4.74 Å². The minimum Gasteiger partial charge on any atom is -0.389 e. The van der Waals surface area contributed by atoms with Crippen molar-refractivity contribution in [3.8, 4) is 0 Å². The van der Waals surface area contributed by atoms with Crippen molar-refractivity contribution in [2.45, 2.75) is 64.1 Å². The summed E-state index contributed by atoms with van der Waals surface area (Å²) >= 11 is 0. The van der Waals surface area contributed by atoms with Crippen molar-refractivity contribution >= 4 is 0 Å². The second kappa shape index (κ2) is 7.28. The highest BCUT2D eigenvalue weighted by Crippen LogP contribution is 2.33. The van der Waals surface area contributed by atoms with Gasteiger partial charge in [-0.2, -0.15) is 5.10 Å². The van der Waals surface area contributed by atoms with Crippen LogP contribution < -0.4 is 0 Å². The predicted molar refractivity (Wildman–Crippen MR) is 88.1 cm³/mol. The lowest BCUT2D eigenvalue weighted by molar-refractivity contribution is -0.0821. The van der Waals surface area contributed by atoms with Crippen LogP contribution in [0.25, 0.3) is 0 Å². The van der Waals surface area contributed by atoms with Crippen molar-refractivity contribution in [3.63, 3.8) is 0 Å². The number of hydrogen-bond acceptors (Lipinski definition) is 5. The van der Waals surface area contributed by atoms with Crippen molar-refractivity contribution in [3.05, 3.63) is 11.6 Å². The predicted octanol–water partition coefficient (Wildman–Crippen LogP) is 2.07. The Labute approximate surface area is 138 Å². The lowest BCUT2D eigenvalue weighted by Crippen LogP contribution is -2.49. The van der Waals surface area contributed by atoms with Gasteiger partial charge in [-0.3, -0.25) is 10.00 Å². The fourth-order valence-electron chi connectivity index (χ4n) is 3.68. The minimum atomic E-state index is -0.527. The molecule has 6 heteroatoms. The zero-order valence-corrected chi connectivity index (χ0v) is 14.4. The molecule has 1 atom stereocenters. The average molecular weight is 322 g/mol. The Bertz CT molecular complexity index is 497. The molecule has 1 saturated heterocycles. The maximum absolute atomic E-state index is 10.9. The van der Waals surface area contributed by atoms with Crippen LogP contribution in [0.3, 0.4) is 0 Å². The largest absolute Gasteiger partial charge is 0.389 e. The van der Waals surface area contributed by atoms with E-state index in [2.05, 4.69) is 33.9 Å². The zero-order chi connectivity index (χ0) is 16.3. The van der Waals surface area contributed by atoms with Gasteiger partial charge in [0.2, 0.25) is 0 Å². The highest BCUT2D eigenvalue weighted by molar-refractivity contribution is 4.98. The monoisotopic (exact) mass is 322 g/mol. The molecule has 2 fully saturated rings. The number of ether oxygens (including phenoxy) is 1. The third-order valence-corrected chi connectivity index (χ3v) is 5.20. The number of hydrogen-bond donors (Lipinski definition) is 2. The first-order valence-electron chi connectivity index (χ1n) is 9.05. The first-order chi connectivity index (χ1) is 11.1. The van der Waals surface area contributed by atoms with E-state index >= 15 is 0 Å². The molecule has 2 heterocycles. The van der Waals surface area contributed by atoms with Gasteiger partial charge in [-0.1, -0.05) is 13.8 Å². The molecule has 0 aromatic carbocycles. The van der Waals surface area contributed by atoms with Crippen molar-refractivity contribution in [1.29, 1.82) is 0 Å². The van der Waals surface area contributed by atoms with Crippen LogP contribution in [0.4, 0.5) is 0 Å². The summed E-state index contributed by atoms with van der Waals surface area (Å²) in [7, 11) is 0. The molecule has 2 aliphatic rings. The van der Waals surface area contributed by atoms with E-state index in [1.54, 1.807) is 0 Å². The van der Waals surface area contributed by atoms with Gasteiger partial charge < -0.3 is 9.84 Å². The van der Waals surface area contributed by atoms with Crippen LogP contribution in [0.15, 0.2) is 0 Å². The van der Waals surface area contributed by atoms with Gasteiger partial charge >= 0.3 is 0 Å². The summed E-state index contributed by atoms with van der Waals surface area (Å²) < 4.78 is 5.86. The molecule has 6 nitrogen and oxygen atoms in total. The normalized spacial score (nSPS) is 33.0. The average Bonchev–Trinajstić information content (AvgIpc) is 3.00. The van der Waals surface area contributed by atoms with Gasteiger partial charge in [0, 0.05) is 26.1 Å². The number of aromatic amines is 1. The van der Waals surface area contributed by atoms with Crippen LogP contribution in [0, 0.1) is 5.92 Å². The second-order valence-corrected chi connectivity index (χ2v) is 7.39. The first-order valence-corrected chi connectivity index (χ1v) is 9.05. The molecule has 1 saturated carbocycles. The van der Waals surface area contributed by atoms with Gasteiger partial charge in [-0.15, -0.1) is 0 Å². The van der Waals surface area contributed by atoms with Crippen molar-refractivity contribution in [2.24, 2.45) is 5.92 Å². The highest BCUT2D eigenvalue weighted by atomic mass is 16.5. The van der Waals surface area contributed by atoms with E-state index in [9.17, 15) is 5.11 Å². The summed E-state index contributed by atoms with van der Waals surface area (Å²) in [4.78, 5) is 6.87. The van der Waals surface area contributed by atoms with Gasteiger partial charge in [0.25, 0.3) is 0 Å². The topological polar surface area (TPSA) is 74.3 Å². The lowest BCUT2D eigenvalue weighted by atomic mass is 9.79. The maximum Gasteiger partial charge on any atom is 0.180 e. The zero-order valence-electron chi connectivity index (χ0n) is 14.4. The van der Waals surface area contributed by atoms with Crippen molar-refractivity contribution in [2.75, 3.05) is 26.2 Å². The molecule has 23 heavy (non-hydrogen) atoms. The molecule has 0 radical (unpaired) electrons. The number of aromatic nitrogens is 3. The van der Waals surface area contributed by atoms with Gasteiger partial charge in [0.1, 0.15) is 11.9 Å². The number of aliphatic hydroxyl groups is 1. The molecule has 0 amide bonds. The smallest absolute Gasteiger partial charge is 0.180 e. The Kier molecular flexibility index (Phi) is 5.34. The van der Waals surface area contributed by atoms with Crippen LogP contribution in [0.2, 0.25) is 0 Å². The number of nitrogens with one attached hydrogen (secondary N) is 1. The summed E-state index contributed by atoms with van der Waals surface area (Å²) in [6.45, 7) is 7.47. The van der Waals surface area contributed by atoms with E-state index < -0.39 is 5.60 Å². The molecular formula is C17H30N4O2. The molecule has 1 aromatic rings. The number of rotatable bonds is 5. The van der Waals surface area contributed by atoms with E-state index in [0.717, 1.165) is 75.7 Å². The molecule has 1 aromatic heterocycles. The third kappa shape index (κ3) is 4.31. The van der Waals surface area contributed by atoms with Crippen LogP contribution in [-0.4, -0.2) is 57.0 Å². The van der Waals surface area contributed by atoms with Crippen molar-refractivity contribution < 1.29 is 9.84 Å². The van der Waals surface area contributed by atoms with Gasteiger partial charge in [-0.05, 0) is 38.0 Å². The molecule has 1 aliphatic heterocycles. The van der Waals surface area contributed by atoms with E-state index in [1.165, 1.54) is 0 Å². The van der Waals surface area contributed by atoms with Crippen molar-refractivity contribution in [1.82, 2.24) is 20.1 Å². The fourth-order valence-corrected chi connectivity index (χ4v) is 3.68. The molecule has 3 rings (SSSR count). The Morgan fingerprint density at radius 3 is 2.91 bits per heavy atom. The quantitative estimate of drug-likeness (QED) is 0.868. The Morgan fingerprint density at radius 1 is 1.39 bits per heavy atom. The van der Waals surface area contributed by atoms with Gasteiger partial charge in [0.15, 0.2) is 5.82 Å². The highest BCUT2D eigenvalue weighted by Gasteiger charge is 2.35. The van der Waals surface area contributed by atoms with Crippen LogP contribution >= 0.6 is 0 Å². The van der Waals surface area contributed by atoms with E-state index in [-0.39, 0.29) is 6.10 Å². The maximum atomic E-state index is 10.9. The molecule has 0 spiro atoms. The number of nitrogens with zero attached hydrogens (tertiary/aromatic N) is 3. The molecule has 0 bridgehead atoms. The number of H-pyrrole nitrogens is 1. The molecule has 130 valence electrons. The third-order valence-electron chi connectivity index (χ3n) is 5.20. The fraction of sp³-hybridized carbons (Fsp3) is 0.882. The molecule has 2 N–H and O–H groups in total. The minimum absolute atomic E-state index is 0.0864. The summed E-state index contributed by atoms with van der Waals surface area (Å²) in [5.74, 6) is 2.43. The van der Waals surface area contributed by atoms with E-state index in [1.807, 2.05) is 0 Å². The van der Waals surface area contributed by atoms with Gasteiger partial charge in [-0.25, -0.2) is 4.98 Å². The van der Waals surface area contributed by atoms with Crippen LogP contribution in [0.1, 0.15) is 63.7 Å². The first kappa shape index (κ1) is 16.9. The Balaban J connectivity index is 1.57. The summed E-state index contributed by atoms with van der Waals surface area (Å²) in [5.41, 5.74) is -0.527. The van der Waals surface area contributed by atoms with Crippen LogP contribution in [0.5, 0.6) is 0 Å². The number of aryl methyl sites for hydroxylation is 1. The Hall–Kier alpha value is -0.980. The van der Waals surface area contributed by atoms with E-state index in [0.29, 0.717) is 6.61 Å². The number of β-amino-alcohol motifs (C(OH)–C–C–N with tert-alkyl or cyclic N) is 1. The summed E-state index contributed by atoms with van der Waals surface area (Å²) in [6, 6.07) is 0. The standard InChI is InChI=1S/C17H30N4O2/c1-3-4-15-18-16(20-19-15)14-11-21(9-10-23-14)12-17(22)7-5-13(2)6-8-17/h13-14,22H,3-12H2,1-2H3,(H,18,19,20). The number of morpholine rings is 1. The molecule has 1 unspecified atom stereocenters. The summed E-state index contributed by atoms with van der Waals surface area (Å²) in [6.07, 6.45) is 5.97. The SMILES string of the molecule is CCCc1nc(C2CN(CC3(O)CCC(C)CC3)CCO2)n[nH]1. The van der Waals surface area contributed by atoms with Gasteiger partial charge in [0.05, 0.1) is 12.2 Å². The van der Waals surface area contributed by atoms with Crippen LogP contribution in [-0.2, 0) is 11.2 Å². The summed E-state index contributed by atoms with van der Waals surface area (Å²) in [5, 5.41) is 18.2. The Morgan fingerprint density at radius 2 is 2.17 bits per heavy atom. The second-order valence-electron chi connectivity index (χ2n) is 7.39. The lowest BCUT2D eigenvalue weighted by Gasteiger charge is -2.41. The molecular weight excluding hydrogens is 292 g/mol.